The molecule has 0 aliphatic carbocycles. The van der Waals surface area contributed by atoms with Crippen molar-refractivity contribution in [3.8, 4) is 0 Å². The molecule has 0 amide bonds. The molecule has 0 aromatic heterocycles. The monoisotopic (exact) mass is 296 g/mol. The van der Waals surface area contributed by atoms with Gasteiger partial charge in [-0.05, 0) is 40.6 Å². The van der Waals surface area contributed by atoms with Crippen LogP contribution in [-0.4, -0.2) is 11.3 Å². The van der Waals surface area contributed by atoms with Gasteiger partial charge in [0.05, 0.1) is 0 Å². The van der Waals surface area contributed by atoms with E-state index in [4.69, 9.17) is 0 Å². The Morgan fingerprint density at radius 3 is 1.60 bits per heavy atom. The second kappa shape index (κ2) is 8.13. The average molecular weight is 296 g/mol. The lowest BCUT2D eigenvalue weighted by atomic mass is 10.1. The molecule has 4 atom stereocenters. The highest BCUT2D eigenvalue weighted by Crippen LogP contribution is 2.51. The Balaban J connectivity index is 3.09. The number of hydrogen-bond donors (Lipinski definition) is 0. The third kappa shape index (κ3) is 4.29. The summed E-state index contributed by atoms with van der Waals surface area (Å²) in [6.07, 6.45) is 2.43. The second-order valence-electron chi connectivity index (χ2n) is 6.14. The molecule has 0 saturated heterocycles. The molecular formula is C18H30FP. The third-order valence-corrected chi connectivity index (χ3v) is 8.60. The van der Waals surface area contributed by atoms with E-state index in [1.54, 1.807) is 12.1 Å². The van der Waals surface area contributed by atoms with Crippen molar-refractivity contribution in [2.45, 2.75) is 65.7 Å². The van der Waals surface area contributed by atoms with Gasteiger partial charge in [0.25, 0.3) is 0 Å². The van der Waals surface area contributed by atoms with Gasteiger partial charge in [-0.15, -0.1) is 0 Å². The zero-order chi connectivity index (χ0) is 15.3. The second-order valence-corrected chi connectivity index (χ2v) is 9.10. The van der Waals surface area contributed by atoms with Gasteiger partial charge in [-0.25, -0.2) is 4.39 Å². The van der Waals surface area contributed by atoms with Gasteiger partial charge in [0.1, 0.15) is 5.82 Å². The standard InChI is InChI=1S/C18H30FP/c1-7-13(3)15(5)20(16(6)14(4)8-2)18-11-9-17(19)10-12-18/h9-16H,7-8H2,1-6H3. The Kier molecular flexibility index (Phi) is 7.17. The first-order valence-electron chi connectivity index (χ1n) is 7.96. The zero-order valence-corrected chi connectivity index (χ0v) is 14.8. The maximum absolute atomic E-state index is 13.2. The fourth-order valence-corrected chi connectivity index (χ4v) is 6.38. The van der Waals surface area contributed by atoms with Gasteiger partial charge in [0.15, 0.2) is 0 Å². The summed E-state index contributed by atoms with van der Waals surface area (Å²) in [5.41, 5.74) is 1.37. The smallest absolute Gasteiger partial charge is 0.123 e. The summed E-state index contributed by atoms with van der Waals surface area (Å²) in [6, 6.07) is 7.27. The molecule has 0 aliphatic rings. The molecule has 0 N–H and O–H groups in total. The van der Waals surface area contributed by atoms with Gasteiger partial charge in [-0.3, -0.25) is 0 Å². The lowest BCUT2D eigenvalue weighted by Crippen LogP contribution is -2.27. The first-order chi connectivity index (χ1) is 9.42. The van der Waals surface area contributed by atoms with Crippen molar-refractivity contribution < 1.29 is 4.39 Å². The maximum Gasteiger partial charge on any atom is 0.123 e. The van der Waals surface area contributed by atoms with E-state index in [1.165, 1.54) is 18.1 Å². The van der Waals surface area contributed by atoms with E-state index in [1.807, 2.05) is 12.1 Å². The molecule has 114 valence electrons. The van der Waals surface area contributed by atoms with E-state index in [0.29, 0.717) is 11.3 Å². The minimum atomic E-state index is -0.248. The predicted molar refractivity (Wildman–Crippen MR) is 90.8 cm³/mol. The number of hydrogen-bond acceptors (Lipinski definition) is 0. The predicted octanol–water partition coefficient (Wildman–Crippen LogP) is 5.80. The van der Waals surface area contributed by atoms with Crippen LogP contribution in [0.5, 0.6) is 0 Å². The van der Waals surface area contributed by atoms with Crippen LogP contribution in [0.4, 0.5) is 4.39 Å². The van der Waals surface area contributed by atoms with Gasteiger partial charge < -0.3 is 0 Å². The van der Waals surface area contributed by atoms with Crippen molar-refractivity contribution in [3.63, 3.8) is 0 Å². The van der Waals surface area contributed by atoms with Gasteiger partial charge in [0.2, 0.25) is 0 Å². The summed E-state index contributed by atoms with van der Waals surface area (Å²) in [5, 5.41) is 1.36. The molecule has 0 heterocycles. The fourth-order valence-electron chi connectivity index (χ4n) is 2.68. The number of halogens is 1. The minimum Gasteiger partial charge on any atom is -0.207 e. The molecule has 0 saturated carbocycles. The Labute approximate surface area is 125 Å². The Hall–Kier alpha value is -0.420. The molecule has 0 radical (unpaired) electrons. The molecule has 20 heavy (non-hydrogen) atoms. The summed E-state index contributed by atoms with van der Waals surface area (Å²) < 4.78 is 13.2. The molecule has 0 spiro atoms. The largest absolute Gasteiger partial charge is 0.207 e. The van der Waals surface area contributed by atoms with Crippen molar-refractivity contribution in [2.75, 3.05) is 0 Å². The summed E-state index contributed by atoms with van der Waals surface area (Å²) in [6.45, 7) is 14.0. The highest BCUT2D eigenvalue weighted by molar-refractivity contribution is 7.67. The molecule has 1 aromatic carbocycles. The SMILES string of the molecule is CCC(C)C(C)P(c1ccc(F)cc1)C(C)C(C)CC. The van der Waals surface area contributed by atoms with E-state index in [0.717, 1.165) is 11.8 Å². The highest BCUT2D eigenvalue weighted by atomic mass is 31.1. The Morgan fingerprint density at radius 2 is 1.25 bits per heavy atom. The molecule has 0 bridgehead atoms. The Morgan fingerprint density at radius 1 is 0.850 bits per heavy atom. The first-order valence-corrected chi connectivity index (χ1v) is 9.44. The molecule has 4 unspecified atom stereocenters. The van der Waals surface area contributed by atoms with E-state index >= 15 is 0 Å². The average Bonchev–Trinajstić information content (AvgIpc) is 2.47. The first kappa shape index (κ1) is 17.6. The van der Waals surface area contributed by atoms with Crippen LogP contribution in [0.3, 0.4) is 0 Å². The quantitative estimate of drug-likeness (QED) is 0.558. The molecule has 1 aromatic rings. The van der Waals surface area contributed by atoms with Crippen molar-refractivity contribution >= 4 is 13.2 Å². The normalized spacial score (nSPS) is 19.1. The van der Waals surface area contributed by atoms with Crippen molar-refractivity contribution in [3.05, 3.63) is 30.1 Å². The zero-order valence-electron chi connectivity index (χ0n) is 13.9. The van der Waals surface area contributed by atoms with Crippen LogP contribution >= 0.6 is 7.92 Å². The molecule has 2 heteroatoms. The molecule has 1 rings (SSSR count). The van der Waals surface area contributed by atoms with Crippen LogP contribution in [0, 0.1) is 17.7 Å². The van der Waals surface area contributed by atoms with Crippen molar-refractivity contribution in [1.29, 1.82) is 0 Å². The molecule has 0 nitrogen and oxygen atoms in total. The summed E-state index contributed by atoms with van der Waals surface area (Å²) >= 11 is 0. The summed E-state index contributed by atoms with van der Waals surface area (Å²) in [7, 11) is -0.248. The van der Waals surface area contributed by atoms with Crippen molar-refractivity contribution in [2.24, 2.45) is 11.8 Å². The molecule has 0 aliphatic heterocycles. The van der Waals surface area contributed by atoms with Crippen LogP contribution < -0.4 is 5.30 Å². The highest BCUT2D eigenvalue weighted by Gasteiger charge is 2.30. The van der Waals surface area contributed by atoms with Crippen LogP contribution in [0.1, 0.15) is 54.4 Å². The summed E-state index contributed by atoms with van der Waals surface area (Å²) in [4.78, 5) is 0. The van der Waals surface area contributed by atoms with Gasteiger partial charge in [-0.2, -0.15) is 0 Å². The van der Waals surface area contributed by atoms with E-state index in [9.17, 15) is 4.39 Å². The minimum absolute atomic E-state index is 0.129. The third-order valence-electron chi connectivity index (χ3n) is 4.94. The molecular weight excluding hydrogens is 266 g/mol. The van der Waals surface area contributed by atoms with Gasteiger partial charge >= 0.3 is 0 Å². The maximum atomic E-state index is 13.2. The number of rotatable bonds is 7. The van der Waals surface area contributed by atoms with E-state index in [2.05, 4.69) is 41.5 Å². The summed E-state index contributed by atoms with van der Waals surface area (Å²) in [5.74, 6) is 1.31. The fraction of sp³-hybridized carbons (Fsp3) is 0.667. The van der Waals surface area contributed by atoms with Crippen LogP contribution in [0.15, 0.2) is 24.3 Å². The molecule has 0 fully saturated rings. The Bertz CT molecular complexity index is 371. The lowest BCUT2D eigenvalue weighted by Gasteiger charge is -2.37. The van der Waals surface area contributed by atoms with Gasteiger partial charge in [-0.1, -0.05) is 74.4 Å². The van der Waals surface area contributed by atoms with Crippen LogP contribution in [0.25, 0.3) is 0 Å². The van der Waals surface area contributed by atoms with Crippen molar-refractivity contribution in [1.82, 2.24) is 0 Å². The van der Waals surface area contributed by atoms with Crippen LogP contribution in [-0.2, 0) is 0 Å². The lowest BCUT2D eigenvalue weighted by molar-refractivity contribution is 0.523. The number of benzene rings is 1. The van der Waals surface area contributed by atoms with E-state index < -0.39 is 0 Å². The van der Waals surface area contributed by atoms with E-state index in [-0.39, 0.29) is 13.7 Å². The van der Waals surface area contributed by atoms with Crippen LogP contribution in [0.2, 0.25) is 0 Å². The topological polar surface area (TPSA) is 0 Å². The van der Waals surface area contributed by atoms with Gasteiger partial charge in [0, 0.05) is 0 Å².